The molecule has 0 saturated heterocycles. The van der Waals surface area contributed by atoms with Crippen LogP contribution in [-0.4, -0.2) is 15.8 Å². The molecule has 1 amide bonds. The number of benzene rings is 2. The molecule has 1 aliphatic rings. The summed E-state index contributed by atoms with van der Waals surface area (Å²) in [5.74, 6) is -0.192. The third-order valence-corrected chi connectivity index (χ3v) is 4.12. The fourth-order valence-electron chi connectivity index (χ4n) is 3.00. The van der Waals surface area contributed by atoms with Crippen LogP contribution in [0.2, 0.25) is 0 Å². The first kappa shape index (κ1) is 14.9. The van der Waals surface area contributed by atoms with Crippen LogP contribution in [0.25, 0.3) is 22.8 Å². The van der Waals surface area contributed by atoms with E-state index >= 15 is 0 Å². The second kappa shape index (κ2) is 5.76. The van der Waals surface area contributed by atoms with Crippen molar-refractivity contribution in [2.24, 2.45) is 0 Å². The Labute approximate surface area is 143 Å². The van der Waals surface area contributed by atoms with Crippen molar-refractivity contribution in [2.75, 3.05) is 5.32 Å². The molecule has 122 valence electrons. The van der Waals surface area contributed by atoms with Gasteiger partial charge in [0.2, 0.25) is 0 Å². The maximum absolute atomic E-state index is 12.4. The van der Waals surface area contributed by atoms with Gasteiger partial charge in [-0.1, -0.05) is 24.3 Å². The van der Waals surface area contributed by atoms with Gasteiger partial charge >= 0.3 is 0 Å². The summed E-state index contributed by atoms with van der Waals surface area (Å²) in [7, 11) is 0. The highest BCUT2D eigenvalue weighted by Gasteiger charge is 2.27. The number of nitrogens with zero attached hydrogens (tertiary/aromatic N) is 1. The van der Waals surface area contributed by atoms with Crippen molar-refractivity contribution in [3.05, 3.63) is 82.2 Å². The summed E-state index contributed by atoms with van der Waals surface area (Å²) in [5.41, 5.74) is 4.28. The number of nitro benzene ring substituents is 1. The van der Waals surface area contributed by atoms with E-state index in [9.17, 15) is 14.9 Å². The normalized spacial score (nSPS) is 14.4. The van der Waals surface area contributed by atoms with Gasteiger partial charge in [-0.15, -0.1) is 0 Å². The minimum absolute atomic E-state index is 0.0160. The van der Waals surface area contributed by atoms with Crippen molar-refractivity contribution in [1.29, 1.82) is 0 Å². The largest absolute Gasteiger partial charge is 0.362 e. The second-order valence-corrected chi connectivity index (χ2v) is 5.67. The molecule has 0 fully saturated rings. The summed E-state index contributed by atoms with van der Waals surface area (Å²) < 4.78 is 0. The zero-order valence-electron chi connectivity index (χ0n) is 13.0. The minimum Gasteiger partial charge on any atom is -0.362 e. The van der Waals surface area contributed by atoms with Crippen LogP contribution in [0.15, 0.2) is 60.8 Å². The number of hydrogen-bond donors (Lipinski definition) is 2. The fourth-order valence-corrected chi connectivity index (χ4v) is 3.00. The number of aromatic nitrogens is 1. The SMILES string of the molecule is O=C1Nc2cccc(-c3cccc([N+](=O)[O-])c3)c2C1=Cc1ccc[nH]1. The smallest absolute Gasteiger partial charge is 0.270 e. The number of aromatic amines is 1. The lowest BCUT2D eigenvalue weighted by molar-refractivity contribution is -0.384. The number of carbonyl (C=O) groups excluding carboxylic acids is 1. The molecule has 6 heteroatoms. The van der Waals surface area contributed by atoms with Gasteiger partial charge in [-0.05, 0) is 35.4 Å². The summed E-state index contributed by atoms with van der Waals surface area (Å²) in [4.78, 5) is 26.1. The molecule has 0 atom stereocenters. The van der Waals surface area contributed by atoms with Gasteiger partial charge in [0.25, 0.3) is 11.6 Å². The van der Waals surface area contributed by atoms with Gasteiger partial charge in [0.05, 0.1) is 10.5 Å². The Hall–Kier alpha value is -3.67. The molecule has 2 N–H and O–H groups in total. The Morgan fingerprint density at radius 1 is 1.04 bits per heavy atom. The lowest BCUT2D eigenvalue weighted by Gasteiger charge is -2.08. The van der Waals surface area contributed by atoms with Gasteiger partial charge in [-0.2, -0.15) is 0 Å². The van der Waals surface area contributed by atoms with Crippen LogP contribution in [-0.2, 0) is 4.79 Å². The van der Waals surface area contributed by atoms with Gasteiger partial charge < -0.3 is 10.3 Å². The van der Waals surface area contributed by atoms with E-state index < -0.39 is 4.92 Å². The van der Waals surface area contributed by atoms with Crippen LogP contribution in [0.3, 0.4) is 0 Å². The summed E-state index contributed by atoms with van der Waals surface area (Å²) in [6.07, 6.45) is 3.56. The predicted molar refractivity (Wildman–Crippen MR) is 95.8 cm³/mol. The summed E-state index contributed by atoms with van der Waals surface area (Å²) in [6.45, 7) is 0. The van der Waals surface area contributed by atoms with E-state index in [-0.39, 0.29) is 11.6 Å². The average Bonchev–Trinajstić information content (AvgIpc) is 3.23. The molecule has 0 saturated carbocycles. The Morgan fingerprint density at radius 2 is 1.88 bits per heavy atom. The Balaban J connectivity index is 1.91. The molecular formula is C19H13N3O3. The van der Waals surface area contributed by atoms with Crippen molar-refractivity contribution in [1.82, 2.24) is 4.98 Å². The number of anilines is 1. The summed E-state index contributed by atoms with van der Waals surface area (Å²) >= 11 is 0. The number of fused-ring (bicyclic) bond motifs is 1. The van der Waals surface area contributed by atoms with Crippen molar-refractivity contribution in [2.45, 2.75) is 0 Å². The van der Waals surface area contributed by atoms with Crippen LogP contribution < -0.4 is 5.32 Å². The maximum Gasteiger partial charge on any atom is 0.270 e. The van der Waals surface area contributed by atoms with Crippen molar-refractivity contribution in [3.63, 3.8) is 0 Å². The topological polar surface area (TPSA) is 88.0 Å². The Morgan fingerprint density at radius 3 is 2.64 bits per heavy atom. The number of H-pyrrole nitrogens is 1. The number of carbonyl (C=O) groups is 1. The molecular weight excluding hydrogens is 318 g/mol. The molecule has 2 heterocycles. The number of nitrogens with one attached hydrogen (secondary N) is 2. The van der Waals surface area contributed by atoms with Crippen LogP contribution in [0.4, 0.5) is 11.4 Å². The van der Waals surface area contributed by atoms with Gasteiger partial charge in [0.1, 0.15) is 0 Å². The highest BCUT2D eigenvalue weighted by atomic mass is 16.6. The lowest BCUT2D eigenvalue weighted by Crippen LogP contribution is -2.03. The molecule has 2 aromatic carbocycles. The molecule has 4 rings (SSSR count). The van der Waals surface area contributed by atoms with Gasteiger partial charge in [0.15, 0.2) is 0 Å². The molecule has 1 aromatic heterocycles. The third-order valence-electron chi connectivity index (χ3n) is 4.12. The van der Waals surface area contributed by atoms with Gasteiger partial charge in [-0.3, -0.25) is 14.9 Å². The fraction of sp³-hybridized carbons (Fsp3) is 0. The van der Waals surface area contributed by atoms with Crippen LogP contribution in [0.5, 0.6) is 0 Å². The van der Waals surface area contributed by atoms with Crippen LogP contribution in [0, 0.1) is 10.1 Å². The first-order chi connectivity index (χ1) is 12.1. The van der Waals surface area contributed by atoms with Gasteiger partial charge in [-0.25, -0.2) is 0 Å². The summed E-state index contributed by atoms with van der Waals surface area (Å²) in [6, 6.07) is 15.6. The van der Waals surface area contributed by atoms with E-state index in [2.05, 4.69) is 10.3 Å². The highest BCUT2D eigenvalue weighted by Crippen LogP contribution is 2.40. The zero-order valence-corrected chi connectivity index (χ0v) is 13.0. The highest BCUT2D eigenvalue weighted by molar-refractivity contribution is 6.36. The number of non-ortho nitro benzene ring substituents is 1. The second-order valence-electron chi connectivity index (χ2n) is 5.67. The van der Waals surface area contributed by atoms with Crippen LogP contribution >= 0.6 is 0 Å². The molecule has 1 aliphatic heterocycles. The summed E-state index contributed by atoms with van der Waals surface area (Å²) in [5, 5.41) is 13.9. The third kappa shape index (κ3) is 2.59. The van der Waals surface area contributed by atoms with E-state index in [1.54, 1.807) is 24.4 Å². The lowest BCUT2D eigenvalue weighted by atomic mass is 9.94. The maximum atomic E-state index is 12.4. The standard InChI is InChI=1S/C19H13N3O3/c23-19-16(11-13-5-3-9-20-13)18-15(7-2-8-17(18)21-19)12-4-1-6-14(10-12)22(24)25/h1-11,20H,(H,21,23). The Bertz CT molecular complexity index is 1020. The first-order valence-corrected chi connectivity index (χ1v) is 7.68. The van der Waals surface area contributed by atoms with E-state index in [0.717, 1.165) is 16.8 Å². The first-order valence-electron chi connectivity index (χ1n) is 7.68. The number of rotatable bonds is 3. The monoisotopic (exact) mass is 331 g/mol. The minimum atomic E-state index is -0.425. The molecule has 6 nitrogen and oxygen atoms in total. The van der Waals surface area contributed by atoms with Crippen molar-refractivity contribution < 1.29 is 9.72 Å². The van der Waals surface area contributed by atoms with Crippen molar-refractivity contribution >= 4 is 28.9 Å². The zero-order chi connectivity index (χ0) is 17.4. The molecule has 0 aliphatic carbocycles. The predicted octanol–water partition coefficient (Wildman–Crippen LogP) is 4.08. The molecule has 0 unspecified atom stereocenters. The van der Waals surface area contributed by atoms with E-state index in [1.165, 1.54) is 12.1 Å². The van der Waals surface area contributed by atoms with E-state index in [0.29, 0.717) is 16.8 Å². The number of hydrogen-bond acceptors (Lipinski definition) is 3. The van der Waals surface area contributed by atoms with Crippen LogP contribution in [0.1, 0.15) is 11.3 Å². The number of amides is 1. The average molecular weight is 331 g/mol. The van der Waals surface area contributed by atoms with E-state index in [1.807, 2.05) is 30.3 Å². The molecule has 25 heavy (non-hydrogen) atoms. The molecule has 0 bridgehead atoms. The van der Waals surface area contributed by atoms with E-state index in [4.69, 9.17) is 0 Å². The quantitative estimate of drug-likeness (QED) is 0.430. The Kier molecular flexibility index (Phi) is 3.43. The van der Waals surface area contributed by atoms with Gasteiger partial charge in [0, 0.05) is 35.3 Å². The number of nitro groups is 1. The molecule has 0 radical (unpaired) electrons. The van der Waals surface area contributed by atoms with Crippen molar-refractivity contribution in [3.8, 4) is 11.1 Å². The molecule has 0 spiro atoms. The molecule has 3 aromatic rings.